The number of aromatic nitrogens is 2. The summed E-state index contributed by atoms with van der Waals surface area (Å²) in [5.41, 5.74) is 12.6. The van der Waals surface area contributed by atoms with Crippen molar-refractivity contribution in [2.75, 3.05) is 43.1 Å². The number of nitrogens with zero attached hydrogens (tertiary/aromatic N) is 4. The average molecular weight is 626 g/mol. The van der Waals surface area contributed by atoms with Gasteiger partial charge in [-0.25, -0.2) is 9.97 Å². The Balaban J connectivity index is 0.00000248. The lowest BCUT2D eigenvalue weighted by atomic mass is 9.91. The number of anilines is 3. The van der Waals surface area contributed by atoms with E-state index in [1.165, 1.54) is 50.1 Å². The fourth-order valence-corrected chi connectivity index (χ4v) is 5.16. The molecule has 2 heterocycles. The van der Waals surface area contributed by atoms with Gasteiger partial charge in [0.25, 0.3) is 17.6 Å². The van der Waals surface area contributed by atoms with Gasteiger partial charge in [0.05, 0.1) is 16.9 Å². The molecule has 228 valence electrons. The standard InChI is InChI=1S/C28H30ClN7O4S.C2H6/c1-28(31)11-13-36(14-12-28)20-15-32-26(24(30)34-20)41-19-6-4-5-18(21(19)29)33-25(39)22(37)16-7-9-17(10-8-16)23(38)27(40)35(2)3;1-2/h4-10,15H,11-14,31H2,1-3H3,(H2,30,34)(H,33,39);1-2H3. The molecular weight excluding hydrogens is 590 g/mol. The van der Waals surface area contributed by atoms with Crippen LogP contribution in [0.25, 0.3) is 0 Å². The molecule has 0 aliphatic carbocycles. The van der Waals surface area contributed by atoms with Crippen LogP contribution in [-0.2, 0) is 9.59 Å². The van der Waals surface area contributed by atoms with Crippen molar-refractivity contribution in [1.82, 2.24) is 14.9 Å². The van der Waals surface area contributed by atoms with Crippen molar-refractivity contribution in [3.63, 3.8) is 0 Å². The summed E-state index contributed by atoms with van der Waals surface area (Å²) in [6.45, 7) is 7.56. The molecule has 1 saturated heterocycles. The van der Waals surface area contributed by atoms with Gasteiger partial charge in [-0.1, -0.05) is 67.5 Å². The smallest absolute Gasteiger partial charge is 0.296 e. The number of hydrogen-bond donors (Lipinski definition) is 3. The highest BCUT2D eigenvalue weighted by Crippen LogP contribution is 2.38. The lowest BCUT2D eigenvalue weighted by molar-refractivity contribution is -0.124. The Morgan fingerprint density at radius 1 is 1.00 bits per heavy atom. The Kier molecular flexibility index (Phi) is 11.3. The minimum absolute atomic E-state index is 0.0472. The van der Waals surface area contributed by atoms with E-state index >= 15 is 0 Å². The van der Waals surface area contributed by atoms with Gasteiger partial charge in [0.15, 0.2) is 5.82 Å². The van der Waals surface area contributed by atoms with Crippen LogP contribution >= 0.6 is 23.4 Å². The Morgan fingerprint density at radius 3 is 2.14 bits per heavy atom. The number of halogens is 1. The molecule has 3 aromatic rings. The first-order valence-corrected chi connectivity index (χ1v) is 14.9. The van der Waals surface area contributed by atoms with Crippen molar-refractivity contribution in [1.29, 1.82) is 0 Å². The molecule has 1 fully saturated rings. The lowest BCUT2D eigenvalue weighted by Crippen LogP contribution is -2.48. The van der Waals surface area contributed by atoms with Gasteiger partial charge in [0.1, 0.15) is 10.8 Å². The number of carbonyl (C=O) groups excluding carboxylic acids is 4. The zero-order chi connectivity index (χ0) is 31.9. The van der Waals surface area contributed by atoms with Gasteiger partial charge in [-0.05, 0) is 31.9 Å². The fraction of sp³-hybridized carbons (Fsp3) is 0.333. The molecular formula is C30H36ClN7O4S. The number of nitrogen functional groups attached to an aromatic ring is 1. The van der Waals surface area contributed by atoms with Gasteiger partial charge in [-0.15, -0.1) is 0 Å². The van der Waals surface area contributed by atoms with E-state index in [0.29, 0.717) is 15.7 Å². The van der Waals surface area contributed by atoms with Crippen LogP contribution in [0.3, 0.4) is 0 Å². The zero-order valence-electron chi connectivity index (χ0n) is 24.8. The first-order chi connectivity index (χ1) is 20.4. The fourth-order valence-electron chi connectivity index (χ4n) is 4.06. The van der Waals surface area contributed by atoms with Crippen molar-refractivity contribution in [2.45, 2.75) is 49.1 Å². The zero-order valence-corrected chi connectivity index (χ0v) is 26.4. The maximum Gasteiger partial charge on any atom is 0.296 e. The van der Waals surface area contributed by atoms with Crippen molar-refractivity contribution in [2.24, 2.45) is 5.73 Å². The van der Waals surface area contributed by atoms with E-state index < -0.39 is 23.4 Å². The van der Waals surface area contributed by atoms with E-state index in [1.54, 1.807) is 24.4 Å². The average Bonchev–Trinajstić information content (AvgIpc) is 3.00. The van der Waals surface area contributed by atoms with Gasteiger partial charge < -0.3 is 26.6 Å². The SMILES string of the molecule is CC.CN(C)C(=O)C(=O)c1ccc(C(=O)C(=O)Nc2cccc(Sc3ncc(N4CCC(C)(N)CC4)nc3N)c2Cl)cc1. The summed E-state index contributed by atoms with van der Waals surface area (Å²) in [7, 11) is 2.93. The van der Waals surface area contributed by atoms with Crippen LogP contribution in [0.5, 0.6) is 0 Å². The second-order valence-corrected chi connectivity index (χ2v) is 11.6. The Bertz CT molecular complexity index is 1500. The first kappa shape index (κ1) is 33.5. The van der Waals surface area contributed by atoms with E-state index in [0.717, 1.165) is 30.8 Å². The Hall–Kier alpha value is -4.00. The third-order valence-electron chi connectivity index (χ3n) is 6.62. The van der Waals surface area contributed by atoms with E-state index in [-0.39, 0.29) is 33.2 Å². The highest BCUT2D eigenvalue weighted by atomic mass is 35.5. The third kappa shape index (κ3) is 8.31. The summed E-state index contributed by atoms with van der Waals surface area (Å²) < 4.78 is 0. The molecule has 1 aliphatic rings. The summed E-state index contributed by atoms with van der Waals surface area (Å²) >= 11 is 7.75. The van der Waals surface area contributed by atoms with Crippen LogP contribution in [0.15, 0.2) is 58.6 Å². The maximum absolute atomic E-state index is 12.7. The number of hydrogen-bond acceptors (Lipinski definition) is 10. The minimum Gasteiger partial charge on any atom is -0.381 e. The van der Waals surface area contributed by atoms with Gasteiger partial charge in [-0.3, -0.25) is 19.2 Å². The van der Waals surface area contributed by atoms with E-state index in [1.807, 2.05) is 20.8 Å². The van der Waals surface area contributed by atoms with Crippen molar-refractivity contribution in [3.05, 3.63) is 64.8 Å². The Morgan fingerprint density at radius 2 is 1.58 bits per heavy atom. The molecule has 0 radical (unpaired) electrons. The molecule has 0 unspecified atom stereocenters. The number of Topliss-reactive ketones (excluding diaryl/α,β-unsaturated/α-hetero) is 2. The predicted octanol–water partition coefficient (Wildman–Crippen LogP) is 4.30. The van der Waals surface area contributed by atoms with Gasteiger partial charge in [0.2, 0.25) is 5.78 Å². The molecule has 2 amide bonds. The highest BCUT2D eigenvalue weighted by Gasteiger charge is 2.27. The van der Waals surface area contributed by atoms with E-state index in [4.69, 9.17) is 23.1 Å². The van der Waals surface area contributed by atoms with Crippen molar-refractivity contribution >= 4 is 64.1 Å². The molecule has 0 atom stereocenters. The molecule has 0 saturated carbocycles. The number of carbonyl (C=O) groups is 4. The van der Waals surface area contributed by atoms with Crippen molar-refractivity contribution < 1.29 is 19.2 Å². The quantitative estimate of drug-likeness (QED) is 0.243. The minimum atomic E-state index is -0.920. The second kappa shape index (κ2) is 14.5. The molecule has 43 heavy (non-hydrogen) atoms. The number of ketones is 2. The number of likely N-dealkylation sites (N-methyl/N-ethyl adjacent to an activating group) is 1. The van der Waals surface area contributed by atoms with E-state index in [9.17, 15) is 19.2 Å². The molecule has 13 heteroatoms. The number of amides is 2. The van der Waals surface area contributed by atoms with E-state index in [2.05, 4.69) is 20.2 Å². The van der Waals surface area contributed by atoms with Crippen LogP contribution in [0.2, 0.25) is 5.02 Å². The summed E-state index contributed by atoms with van der Waals surface area (Å²) in [5.74, 6) is -2.26. The summed E-state index contributed by atoms with van der Waals surface area (Å²) in [6.07, 6.45) is 3.33. The van der Waals surface area contributed by atoms with Gasteiger partial charge in [-0.2, -0.15) is 0 Å². The number of benzene rings is 2. The third-order valence-corrected chi connectivity index (χ3v) is 8.20. The summed E-state index contributed by atoms with van der Waals surface area (Å²) in [5, 5.41) is 3.18. The molecule has 5 N–H and O–H groups in total. The number of piperidine rings is 1. The van der Waals surface area contributed by atoms with Crippen LogP contribution in [0, 0.1) is 0 Å². The van der Waals surface area contributed by atoms with Crippen LogP contribution < -0.4 is 21.7 Å². The normalized spacial score (nSPS) is 13.8. The molecule has 0 bridgehead atoms. The highest BCUT2D eigenvalue weighted by molar-refractivity contribution is 7.99. The van der Waals surface area contributed by atoms with Gasteiger partial charge >= 0.3 is 0 Å². The topological polar surface area (TPSA) is 165 Å². The number of nitrogens with two attached hydrogens (primary N) is 2. The van der Waals surface area contributed by atoms with Gasteiger partial charge in [0, 0.05) is 48.7 Å². The summed E-state index contributed by atoms with van der Waals surface area (Å²) in [6, 6.07) is 10.2. The molecule has 1 aliphatic heterocycles. The number of rotatable bonds is 8. The molecule has 4 rings (SSSR count). The van der Waals surface area contributed by atoms with Crippen LogP contribution in [0.4, 0.5) is 17.3 Å². The largest absolute Gasteiger partial charge is 0.381 e. The maximum atomic E-state index is 12.7. The number of nitrogens with one attached hydrogen (secondary N) is 1. The second-order valence-electron chi connectivity index (χ2n) is 10.2. The van der Waals surface area contributed by atoms with Crippen LogP contribution in [-0.4, -0.2) is 71.0 Å². The monoisotopic (exact) mass is 625 g/mol. The molecule has 0 spiro atoms. The van der Waals surface area contributed by atoms with Crippen LogP contribution in [0.1, 0.15) is 54.3 Å². The summed E-state index contributed by atoms with van der Waals surface area (Å²) in [4.78, 5) is 62.3. The lowest BCUT2D eigenvalue weighted by Gasteiger charge is -2.37. The predicted molar refractivity (Wildman–Crippen MR) is 170 cm³/mol. The molecule has 2 aromatic carbocycles. The Labute approximate surface area is 260 Å². The van der Waals surface area contributed by atoms with Crippen molar-refractivity contribution in [3.8, 4) is 0 Å². The molecule has 1 aromatic heterocycles. The first-order valence-electron chi connectivity index (χ1n) is 13.7. The molecule has 11 nitrogen and oxygen atoms in total.